The summed E-state index contributed by atoms with van der Waals surface area (Å²) in [6.07, 6.45) is 0. The van der Waals surface area contributed by atoms with Crippen molar-refractivity contribution in [2.24, 2.45) is 0 Å². The first-order valence-corrected chi connectivity index (χ1v) is 7.17. The zero-order valence-electron chi connectivity index (χ0n) is 11.6. The summed E-state index contributed by atoms with van der Waals surface area (Å²) in [6.45, 7) is 0.474. The molecule has 2 aromatic carbocycles. The molecule has 0 bridgehead atoms. The van der Waals surface area contributed by atoms with Crippen molar-refractivity contribution in [3.8, 4) is 5.75 Å². The Hall–Kier alpha value is -1.71. The molecular formula is C16H15Cl2NO2. The zero-order chi connectivity index (χ0) is 15.2. The second-order valence-corrected chi connectivity index (χ2v) is 5.44. The van der Waals surface area contributed by atoms with Gasteiger partial charge in [-0.15, -0.1) is 0 Å². The van der Waals surface area contributed by atoms with E-state index in [0.29, 0.717) is 22.3 Å². The number of amides is 1. The number of ether oxygens (including phenoxy) is 1. The first kappa shape index (κ1) is 15.7. The fraction of sp³-hybridized carbons (Fsp3) is 0.188. The van der Waals surface area contributed by atoms with E-state index in [4.69, 9.17) is 27.9 Å². The van der Waals surface area contributed by atoms with Crippen LogP contribution in [0.1, 0.15) is 5.56 Å². The Balaban J connectivity index is 1.89. The number of hydrogen-bond donors (Lipinski definition) is 0. The molecule has 0 aliphatic rings. The number of hydrogen-bond acceptors (Lipinski definition) is 2. The summed E-state index contributed by atoms with van der Waals surface area (Å²) in [6, 6.07) is 14.7. The van der Waals surface area contributed by atoms with Crippen LogP contribution in [-0.4, -0.2) is 24.5 Å². The maximum absolute atomic E-state index is 12.0. The minimum atomic E-state index is -0.120. The van der Waals surface area contributed by atoms with Crippen LogP contribution in [0.2, 0.25) is 10.0 Å². The first-order valence-electron chi connectivity index (χ1n) is 6.42. The van der Waals surface area contributed by atoms with Gasteiger partial charge in [0.25, 0.3) is 5.91 Å². The lowest BCUT2D eigenvalue weighted by atomic mass is 10.2. The quantitative estimate of drug-likeness (QED) is 0.831. The molecule has 0 radical (unpaired) electrons. The molecule has 0 aliphatic carbocycles. The van der Waals surface area contributed by atoms with Crippen LogP contribution in [0, 0.1) is 0 Å². The third-order valence-corrected chi connectivity index (χ3v) is 3.46. The van der Waals surface area contributed by atoms with Crippen molar-refractivity contribution in [2.75, 3.05) is 13.7 Å². The normalized spacial score (nSPS) is 10.2. The van der Waals surface area contributed by atoms with E-state index in [-0.39, 0.29) is 12.5 Å². The predicted octanol–water partition coefficient (Wildman–Crippen LogP) is 4.03. The molecule has 0 aliphatic heterocycles. The molecule has 5 heteroatoms. The zero-order valence-corrected chi connectivity index (χ0v) is 13.1. The Kier molecular flexibility index (Phi) is 5.48. The van der Waals surface area contributed by atoms with E-state index in [2.05, 4.69) is 0 Å². The van der Waals surface area contributed by atoms with E-state index in [9.17, 15) is 4.79 Å². The lowest BCUT2D eigenvalue weighted by Gasteiger charge is -2.17. The van der Waals surface area contributed by atoms with E-state index in [1.54, 1.807) is 30.1 Å². The largest absolute Gasteiger partial charge is 0.482 e. The van der Waals surface area contributed by atoms with Crippen LogP contribution in [0.5, 0.6) is 5.75 Å². The van der Waals surface area contributed by atoms with Gasteiger partial charge in [-0.2, -0.15) is 0 Å². The summed E-state index contributed by atoms with van der Waals surface area (Å²) in [7, 11) is 1.74. The molecule has 110 valence electrons. The van der Waals surface area contributed by atoms with Gasteiger partial charge in [0.1, 0.15) is 5.75 Å². The number of benzene rings is 2. The smallest absolute Gasteiger partial charge is 0.260 e. The standard InChI is InChI=1S/C16H15Cl2NO2/c1-19(10-12-5-3-2-4-6-12)16(20)11-21-15-8-7-13(17)9-14(15)18/h2-9H,10-11H2,1H3. The van der Waals surface area contributed by atoms with Gasteiger partial charge in [-0.3, -0.25) is 4.79 Å². The third kappa shape index (κ3) is 4.66. The lowest BCUT2D eigenvalue weighted by Crippen LogP contribution is -2.30. The molecule has 0 unspecified atom stereocenters. The van der Waals surface area contributed by atoms with E-state index in [1.807, 2.05) is 30.3 Å². The maximum atomic E-state index is 12.0. The van der Waals surface area contributed by atoms with Crippen LogP contribution in [0.15, 0.2) is 48.5 Å². The van der Waals surface area contributed by atoms with Crippen molar-refractivity contribution >= 4 is 29.1 Å². The summed E-state index contributed by atoms with van der Waals surface area (Å²) < 4.78 is 5.43. The van der Waals surface area contributed by atoms with Gasteiger partial charge in [-0.1, -0.05) is 53.5 Å². The van der Waals surface area contributed by atoms with Crippen molar-refractivity contribution < 1.29 is 9.53 Å². The number of carbonyl (C=O) groups excluding carboxylic acids is 1. The molecule has 2 rings (SSSR count). The number of nitrogens with zero attached hydrogens (tertiary/aromatic N) is 1. The summed E-state index contributed by atoms with van der Waals surface area (Å²) in [4.78, 5) is 13.6. The fourth-order valence-electron chi connectivity index (χ4n) is 1.79. The average Bonchev–Trinajstić information content (AvgIpc) is 2.47. The molecule has 21 heavy (non-hydrogen) atoms. The number of carbonyl (C=O) groups is 1. The summed E-state index contributed by atoms with van der Waals surface area (Å²) >= 11 is 11.8. The van der Waals surface area contributed by atoms with Gasteiger partial charge in [0, 0.05) is 18.6 Å². The average molecular weight is 324 g/mol. The topological polar surface area (TPSA) is 29.5 Å². The maximum Gasteiger partial charge on any atom is 0.260 e. The Bertz CT molecular complexity index is 617. The van der Waals surface area contributed by atoms with Gasteiger partial charge in [-0.25, -0.2) is 0 Å². The molecular weight excluding hydrogens is 309 g/mol. The molecule has 0 spiro atoms. The van der Waals surface area contributed by atoms with Gasteiger partial charge in [-0.05, 0) is 23.8 Å². The number of halogens is 2. The van der Waals surface area contributed by atoms with Crippen LogP contribution in [0.3, 0.4) is 0 Å². The van der Waals surface area contributed by atoms with Gasteiger partial charge in [0.15, 0.2) is 6.61 Å². The molecule has 3 nitrogen and oxygen atoms in total. The highest BCUT2D eigenvalue weighted by atomic mass is 35.5. The van der Waals surface area contributed by atoms with Gasteiger partial charge >= 0.3 is 0 Å². The SMILES string of the molecule is CN(Cc1ccccc1)C(=O)COc1ccc(Cl)cc1Cl. The second-order valence-electron chi connectivity index (χ2n) is 4.60. The Morgan fingerprint density at radius 1 is 1.14 bits per heavy atom. The van der Waals surface area contributed by atoms with Crippen molar-refractivity contribution in [1.82, 2.24) is 4.90 Å². The number of likely N-dealkylation sites (N-methyl/N-ethyl adjacent to an activating group) is 1. The van der Waals surface area contributed by atoms with Crippen molar-refractivity contribution in [3.05, 3.63) is 64.1 Å². The third-order valence-electron chi connectivity index (χ3n) is 2.93. The highest BCUT2D eigenvalue weighted by molar-refractivity contribution is 6.35. The van der Waals surface area contributed by atoms with Gasteiger partial charge in [0.2, 0.25) is 0 Å². The highest BCUT2D eigenvalue weighted by Crippen LogP contribution is 2.27. The molecule has 1 amide bonds. The molecule has 0 atom stereocenters. The lowest BCUT2D eigenvalue weighted by molar-refractivity contribution is -0.132. The molecule has 0 saturated carbocycles. The molecule has 0 N–H and O–H groups in total. The second kappa shape index (κ2) is 7.34. The van der Waals surface area contributed by atoms with Crippen molar-refractivity contribution in [2.45, 2.75) is 6.54 Å². The van der Waals surface area contributed by atoms with Crippen LogP contribution >= 0.6 is 23.2 Å². The molecule has 0 aromatic heterocycles. The van der Waals surface area contributed by atoms with Gasteiger partial charge < -0.3 is 9.64 Å². The van der Waals surface area contributed by atoms with Gasteiger partial charge in [0.05, 0.1) is 5.02 Å². The Morgan fingerprint density at radius 2 is 1.86 bits per heavy atom. The van der Waals surface area contributed by atoms with Crippen LogP contribution in [0.25, 0.3) is 0 Å². The van der Waals surface area contributed by atoms with Crippen LogP contribution in [0.4, 0.5) is 0 Å². The molecule has 0 heterocycles. The highest BCUT2D eigenvalue weighted by Gasteiger charge is 2.11. The summed E-state index contributed by atoms with van der Waals surface area (Å²) in [5.74, 6) is 0.326. The molecule has 0 saturated heterocycles. The predicted molar refractivity (Wildman–Crippen MR) is 84.9 cm³/mol. The van der Waals surface area contributed by atoms with E-state index >= 15 is 0 Å². The minimum Gasteiger partial charge on any atom is -0.482 e. The number of rotatable bonds is 5. The van der Waals surface area contributed by atoms with E-state index in [0.717, 1.165) is 5.56 Å². The Labute approximate surface area is 134 Å². The monoisotopic (exact) mass is 323 g/mol. The summed E-state index contributed by atoms with van der Waals surface area (Å²) in [5, 5.41) is 0.917. The van der Waals surface area contributed by atoms with Crippen molar-refractivity contribution in [1.29, 1.82) is 0 Å². The minimum absolute atomic E-state index is 0.0648. The first-order chi connectivity index (χ1) is 10.1. The van der Waals surface area contributed by atoms with Crippen LogP contribution in [-0.2, 0) is 11.3 Å². The van der Waals surface area contributed by atoms with Crippen molar-refractivity contribution in [3.63, 3.8) is 0 Å². The molecule has 0 fully saturated rings. The van der Waals surface area contributed by atoms with Crippen LogP contribution < -0.4 is 4.74 Å². The Morgan fingerprint density at radius 3 is 2.52 bits per heavy atom. The van der Waals surface area contributed by atoms with E-state index in [1.165, 1.54) is 0 Å². The summed E-state index contributed by atoms with van der Waals surface area (Å²) in [5.41, 5.74) is 1.07. The van der Waals surface area contributed by atoms with E-state index < -0.39 is 0 Å². The fourth-order valence-corrected chi connectivity index (χ4v) is 2.25. The molecule has 2 aromatic rings.